The van der Waals surface area contributed by atoms with E-state index in [9.17, 15) is 9.59 Å². The molecular formula is C14H25NO3S. The van der Waals surface area contributed by atoms with Crippen LogP contribution in [0.4, 0.5) is 0 Å². The van der Waals surface area contributed by atoms with Crippen molar-refractivity contribution in [2.24, 2.45) is 0 Å². The molecule has 5 heteroatoms. The van der Waals surface area contributed by atoms with Crippen molar-refractivity contribution in [1.82, 2.24) is 4.90 Å². The lowest BCUT2D eigenvalue weighted by molar-refractivity contribution is -0.155. The molecule has 0 saturated carbocycles. The van der Waals surface area contributed by atoms with E-state index in [0.29, 0.717) is 18.9 Å². The lowest BCUT2D eigenvalue weighted by Gasteiger charge is -2.34. The van der Waals surface area contributed by atoms with Crippen LogP contribution in [0.3, 0.4) is 0 Å². The van der Waals surface area contributed by atoms with Gasteiger partial charge in [0.05, 0.1) is 12.4 Å². The third kappa shape index (κ3) is 5.43. The monoisotopic (exact) mass is 287 g/mol. The third-order valence-electron chi connectivity index (χ3n) is 3.01. The van der Waals surface area contributed by atoms with Gasteiger partial charge in [-0.05, 0) is 26.2 Å². The van der Waals surface area contributed by atoms with Gasteiger partial charge in [0.2, 0.25) is 5.91 Å². The molecule has 1 fully saturated rings. The van der Waals surface area contributed by atoms with Crippen LogP contribution in [-0.2, 0) is 14.3 Å². The van der Waals surface area contributed by atoms with Crippen LogP contribution in [0.15, 0.2) is 0 Å². The van der Waals surface area contributed by atoms with Gasteiger partial charge in [-0.2, -0.15) is 0 Å². The smallest absolute Gasteiger partial charge is 0.328 e. The average molecular weight is 287 g/mol. The van der Waals surface area contributed by atoms with E-state index in [4.69, 9.17) is 4.74 Å². The second kappa shape index (κ2) is 7.17. The van der Waals surface area contributed by atoms with Crippen LogP contribution in [0.1, 0.15) is 47.0 Å². The van der Waals surface area contributed by atoms with E-state index in [-0.39, 0.29) is 22.7 Å². The third-order valence-corrected chi connectivity index (χ3v) is 4.27. The van der Waals surface area contributed by atoms with Crippen molar-refractivity contribution in [3.8, 4) is 0 Å². The van der Waals surface area contributed by atoms with Gasteiger partial charge in [0.25, 0.3) is 0 Å². The molecular weight excluding hydrogens is 262 g/mol. The van der Waals surface area contributed by atoms with Crippen LogP contribution in [0, 0.1) is 0 Å². The molecule has 0 radical (unpaired) electrons. The number of likely N-dealkylation sites (tertiary alicyclic amines) is 1. The molecule has 19 heavy (non-hydrogen) atoms. The molecule has 0 spiro atoms. The summed E-state index contributed by atoms with van der Waals surface area (Å²) in [7, 11) is 0. The highest BCUT2D eigenvalue weighted by Gasteiger charge is 2.33. The van der Waals surface area contributed by atoms with Crippen molar-refractivity contribution >= 4 is 23.6 Å². The van der Waals surface area contributed by atoms with Crippen LogP contribution >= 0.6 is 11.8 Å². The van der Waals surface area contributed by atoms with Gasteiger partial charge in [0.15, 0.2) is 0 Å². The molecule has 1 amide bonds. The molecule has 0 aliphatic carbocycles. The zero-order valence-electron chi connectivity index (χ0n) is 12.4. The highest BCUT2D eigenvalue weighted by atomic mass is 32.2. The van der Waals surface area contributed by atoms with E-state index in [1.807, 2.05) is 0 Å². The molecule has 4 nitrogen and oxygen atoms in total. The topological polar surface area (TPSA) is 46.6 Å². The SMILES string of the molecule is CCOC(=O)C1CCCCN1C(=O)CSC(C)(C)C. The Hall–Kier alpha value is -0.710. The van der Waals surface area contributed by atoms with E-state index >= 15 is 0 Å². The molecule has 1 rings (SSSR count). The Bertz CT molecular complexity index is 325. The second-order valence-corrected chi connectivity index (χ2v) is 7.55. The normalized spacial score (nSPS) is 20.2. The van der Waals surface area contributed by atoms with Crippen molar-refractivity contribution in [3.05, 3.63) is 0 Å². The number of rotatable bonds is 4. The molecule has 0 aromatic rings. The Kier molecular flexibility index (Phi) is 6.17. The lowest BCUT2D eigenvalue weighted by atomic mass is 10.0. The largest absolute Gasteiger partial charge is 0.464 e. The number of hydrogen-bond acceptors (Lipinski definition) is 4. The first kappa shape index (κ1) is 16.3. The van der Waals surface area contributed by atoms with Crippen molar-refractivity contribution < 1.29 is 14.3 Å². The van der Waals surface area contributed by atoms with E-state index < -0.39 is 0 Å². The first-order valence-corrected chi connectivity index (χ1v) is 7.94. The maximum atomic E-state index is 12.3. The predicted molar refractivity (Wildman–Crippen MR) is 78.2 cm³/mol. The molecule has 1 aliphatic rings. The molecule has 0 aromatic heterocycles. The van der Waals surface area contributed by atoms with Gasteiger partial charge in [-0.25, -0.2) is 4.79 Å². The Labute approximate surface area is 120 Å². The summed E-state index contributed by atoms with van der Waals surface area (Å²) in [4.78, 5) is 25.9. The van der Waals surface area contributed by atoms with Gasteiger partial charge < -0.3 is 9.64 Å². The van der Waals surface area contributed by atoms with Crippen molar-refractivity contribution in [2.75, 3.05) is 18.9 Å². The number of nitrogens with zero attached hydrogens (tertiary/aromatic N) is 1. The molecule has 1 heterocycles. The quantitative estimate of drug-likeness (QED) is 0.745. The van der Waals surface area contributed by atoms with Gasteiger partial charge in [-0.3, -0.25) is 4.79 Å². The minimum atomic E-state index is -0.373. The Balaban J connectivity index is 2.61. The summed E-state index contributed by atoms with van der Waals surface area (Å²) in [6, 6.07) is -0.373. The average Bonchev–Trinajstić information content (AvgIpc) is 2.35. The van der Waals surface area contributed by atoms with Gasteiger partial charge in [-0.15, -0.1) is 11.8 Å². The van der Waals surface area contributed by atoms with E-state index in [1.165, 1.54) is 0 Å². The Morgan fingerprint density at radius 3 is 2.58 bits per heavy atom. The van der Waals surface area contributed by atoms with E-state index in [0.717, 1.165) is 19.3 Å². The van der Waals surface area contributed by atoms with Crippen LogP contribution in [0.2, 0.25) is 0 Å². The lowest BCUT2D eigenvalue weighted by Crippen LogP contribution is -2.49. The number of ether oxygens (including phenoxy) is 1. The fourth-order valence-electron chi connectivity index (χ4n) is 2.07. The number of carbonyl (C=O) groups excluding carboxylic acids is 2. The summed E-state index contributed by atoms with van der Waals surface area (Å²) < 4.78 is 5.13. The first-order chi connectivity index (χ1) is 8.85. The first-order valence-electron chi connectivity index (χ1n) is 6.95. The van der Waals surface area contributed by atoms with Crippen LogP contribution in [0.5, 0.6) is 0 Å². The van der Waals surface area contributed by atoms with Crippen LogP contribution < -0.4 is 0 Å². The molecule has 1 aliphatic heterocycles. The fourth-order valence-corrected chi connectivity index (χ4v) is 2.80. The minimum Gasteiger partial charge on any atom is -0.464 e. The number of thioether (sulfide) groups is 1. The summed E-state index contributed by atoms with van der Waals surface area (Å²) in [5.74, 6) is 0.230. The predicted octanol–water partition coefficient (Wildman–Crippen LogP) is 2.46. The van der Waals surface area contributed by atoms with E-state index in [2.05, 4.69) is 20.8 Å². The molecule has 1 unspecified atom stereocenters. The van der Waals surface area contributed by atoms with Gasteiger partial charge in [-0.1, -0.05) is 20.8 Å². The summed E-state index contributed by atoms with van der Waals surface area (Å²) in [5, 5.41) is 0. The maximum absolute atomic E-state index is 12.3. The number of piperidine rings is 1. The molecule has 0 aromatic carbocycles. The fraction of sp³-hybridized carbons (Fsp3) is 0.857. The molecule has 1 atom stereocenters. The van der Waals surface area contributed by atoms with Gasteiger partial charge in [0, 0.05) is 11.3 Å². The molecule has 110 valence electrons. The molecule has 0 N–H and O–H groups in total. The zero-order chi connectivity index (χ0) is 14.5. The zero-order valence-corrected chi connectivity index (χ0v) is 13.2. The van der Waals surface area contributed by atoms with Gasteiger partial charge >= 0.3 is 5.97 Å². The van der Waals surface area contributed by atoms with Crippen molar-refractivity contribution in [2.45, 2.75) is 57.7 Å². The van der Waals surface area contributed by atoms with Crippen LogP contribution in [0.25, 0.3) is 0 Å². The van der Waals surface area contributed by atoms with E-state index in [1.54, 1.807) is 23.6 Å². The number of esters is 1. The van der Waals surface area contributed by atoms with Crippen molar-refractivity contribution in [1.29, 1.82) is 0 Å². The molecule has 1 saturated heterocycles. The Morgan fingerprint density at radius 1 is 1.32 bits per heavy atom. The molecule has 0 bridgehead atoms. The minimum absolute atomic E-state index is 0.0534. The van der Waals surface area contributed by atoms with Gasteiger partial charge in [0.1, 0.15) is 6.04 Å². The summed E-state index contributed by atoms with van der Waals surface area (Å²) in [6.07, 6.45) is 2.69. The number of hydrogen-bond donors (Lipinski definition) is 0. The second-order valence-electron chi connectivity index (χ2n) is 5.75. The highest BCUT2D eigenvalue weighted by Crippen LogP contribution is 2.25. The summed E-state index contributed by atoms with van der Waals surface area (Å²) in [6.45, 7) is 9.10. The maximum Gasteiger partial charge on any atom is 0.328 e. The van der Waals surface area contributed by atoms with Crippen molar-refractivity contribution in [3.63, 3.8) is 0 Å². The highest BCUT2D eigenvalue weighted by molar-refractivity contribution is 8.01. The summed E-state index contributed by atoms with van der Waals surface area (Å²) >= 11 is 1.62. The Morgan fingerprint density at radius 2 is 2.00 bits per heavy atom. The summed E-state index contributed by atoms with van der Waals surface area (Å²) in [5.41, 5.74) is 0. The number of amides is 1. The standard InChI is InChI=1S/C14H25NO3S/c1-5-18-13(17)11-8-6-7-9-15(11)12(16)10-19-14(2,3)4/h11H,5-10H2,1-4H3. The number of carbonyl (C=O) groups is 2. The van der Waals surface area contributed by atoms with Crippen LogP contribution in [-0.4, -0.2) is 46.5 Å².